The molecule has 1 aliphatic carbocycles. The molecule has 0 aromatic carbocycles. The minimum Gasteiger partial charge on any atom is -0.368 e. The van der Waals surface area contributed by atoms with Gasteiger partial charge in [-0.05, 0) is 44.4 Å². The fraction of sp³-hybridized carbons (Fsp3) is 0.440. The van der Waals surface area contributed by atoms with Gasteiger partial charge >= 0.3 is 0 Å². The maximum absolute atomic E-state index is 13.4. The van der Waals surface area contributed by atoms with Gasteiger partial charge in [-0.2, -0.15) is 0 Å². The van der Waals surface area contributed by atoms with Crippen LogP contribution in [0.15, 0.2) is 35.4 Å². The van der Waals surface area contributed by atoms with Gasteiger partial charge in [0.15, 0.2) is 5.78 Å². The standard InChI is InChI=1S/C25H30N6O2/c1-16-20-15-28-23(29-22-8-7-19(14-27-22)30-11-9-26-10-12-30)13-21(20)31(18-5-3-4-6-18)25(33)24(16)17(2)32/h7-8,13-15,18,26H,3-6,9-12H2,1-2H3,(H,27,28,29). The van der Waals surface area contributed by atoms with E-state index >= 15 is 0 Å². The van der Waals surface area contributed by atoms with E-state index in [0.717, 1.165) is 68.5 Å². The number of hydrogen-bond donors (Lipinski definition) is 2. The summed E-state index contributed by atoms with van der Waals surface area (Å²) in [6.07, 6.45) is 7.75. The van der Waals surface area contributed by atoms with Crippen LogP contribution >= 0.6 is 0 Å². The van der Waals surface area contributed by atoms with Gasteiger partial charge in [-0.1, -0.05) is 12.8 Å². The van der Waals surface area contributed by atoms with Crippen molar-refractivity contribution in [3.05, 3.63) is 52.1 Å². The Kier molecular flexibility index (Phi) is 5.85. The third-order valence-corrected chi connectivity index (χ3v) is 6.88. The molecule has 0 unspecified atom stereocenters. The summed E-state index contributed by atoms with van der Waals surface area (Å²) in [5, 5.41) is 7.49. The largest absolute Gasteiger partial charge is 0.368 e. The van der Waals surface area contributed by atoms with Crippen LogP contribution in [-0.4, -0.2) is 46.5 Å². The van der Waals surface area contributed by atoms with Crippen LogP contribution in [0, 0.1) is 6.92 Å². The molecule has 1 saturated carbocycles. The Balaban J connectivity index is 1.51. The highest BCUT2D eigenvalue weighted by atomic mass is 16.1. The summed E-state index contributed by atoms with van der Waals surface area (Å²) in [5.74, 6) is 1.14. The van der Waals surface area contributed by atoms with Crippen molar-refractivity contribution < 1.29 is 4.79 Å². The SMILES string of the molecule is CC(=O)c1c(C)c2cnc(Nc3ccc(N4CCNCC4)cn3)cc2n(C2CCCC2)c1=O. The number of carbonyl (C=O) groups excluding carboxylic acids is 1. The molecule has 0 radical (unpaired) electrons. The summed E-state index contributed by atoms with van der Waals surface area (Å²) in [6, 6.07) is 6.06. The number of carbonyl (C=O) groups is 1. The first-order valence-electron chi connectivity index (χ1n) is 11.8. The number of rotatable bonds is 5. The Morgan fingerprint density at radius 3 is 2.48 bits per heavy atom. The molecule has 3 aromatic rings. The van der Waals surface area contributed by atoms with E-state index in [0.29, 0.717) is 17.2 Å². The van der Waals surface area contributed by atoms with Gasteiger partial charge in [0, 0.05) is 49.9 Å². The van der Waals surface area contributed by atoms with E-state index in [1.54, 1.807) is 6.20 Å². The molecule has 33 heavy (non-hydrogen) atoms. The van der Waals surface area contributed by atoms with Gasteiger partial charge in [-0.15, -0.1) is 0 Å². The zero-order valence-corrected chi connectivity index (χ0v) is 19.2. The highest BCUT2D eigenvalue weighted by Gasteiger charge is 2.25. The molecule has 2 fully saturated rings. The van der Waals surface area contributed by atoms with Gasteiger partial charge in [0.25, 0.3) is 5.56 Å². The molecule has 0 spiro atoms. The zero-order chi connectivity index (χ0) is 22.9. The number of hydrogen-bond acceptors (Lipinski definition) is 7. The van der Waals surface area contributed by atoms with Crippen LogP contribution in [0.3, 0.4) is 0 Å². The third kappa shape index (κ3) is 4.11. The summed E-state index contributed by atoms with van der Waals surface area (Å²) in [6.45, 7) is 7.21. The summed E-state index contributed by atoms with van der Waals surface area (Å²) < 4.78 is 1.83. The molecule has 1 aliphatic heterocycles. The van der Waals surface area contributed by atoms with Gasteiger partial charge in [-0.25, -0.2) is 9.97 Å². The summed E-state index contributed by atoms with van der Waals surface area (Å²) in [4.78, 5) is 37.1. The molecule has 0 amide bonds. The number of Topliss-reactive ketones (excluding diaryl/α,β-unsaturated/α-hetero) is 1. The molecule has 2 aliphatic rings. The van der Waals surface area contributed by atoms with Crippen LogP contribution in [0.1, 0.15) is 54.6 Å². The van der Waals surface area contributed by atoms with E-state index in [9.17, 15) is 9.59 Å². The van der Waals surface area contributed by atoms with Gasteiger partial charge in [0.2, 0.25) is 0 Å². The quantitative estimate of drug-likeness (QED) is 0.579. The predicted molar refractivity (Wildman–Crippen MR) is 131 cm³/mol. The summed E-state index contributed by atoms with van der Waals surface area (Å²) in [7, 11) is 0. The lowest BCUT2D eigenvalue weighted by Crippen LogP contribution is -2.43. The fourth-order valence-electron chi connectivity index (χ4n) is 5.17. The Labute approximate surface area is 193 Å². The Morgan fingerprint density at radius 1 is 1.09 bits per heavy atom. The van der Waals surface area contributed by atoms with E-state index in [4.69, 9.17) is 0 Å². The van der Waals surface area contributed by atoms with Gasteiger partial charge in [0.05, 0.1) is 23.0 Å². The first kappa shape index (κ1) is 21.6. The van der Waals surface area contributed by atoms with Gasteiger partial charge < -0.3 is 20.1 Å². The Morgan fingerprint density at radius 2 is 1.82 bits per heavy atom. The lowest BCUT2D eigenvalue weighted by molar-refractivity contribution is 0.101. The number of nitrogens with zero attached hydrogens (tertiary/aromatic N) is 4. The molecule has 2 N–H and O–H groups in total. The van der Waals surface area contributed by atoms with Crippen molar-refractivity contribution in [1.82, 2.24) is 19.9 Å². The number of ketones is 1. The van der Waals surface area contributed by atoms with E-state index < -0.39 is 0 Å². The highest BCUT2D eigenvalue weighted by Crippen LogP contribution is 2.33. The average molecular weight is 447 g/mol. The smallest absolute Gasteiger partial charge is 0.262 e. The third-order valence-electron chi connectivity index (χ3n) is 6.88. The van der Waals surface area contributed by atoms with Crippen molar-refractivity contribution in [2.24, 2.45) is 0 Å². The van der Waals surface area contributed by atoms with E-state index in [2.05, 4.69) is 31.6 Å². The predicted octanol–water partition coefficient (Wildman–Crippen LogP) is 3.57. The number of aryl methyl sites for hydroxylation is 1. The minimum absolute atomic E-state index is 0.116. The van der Waals surface area contributed by atoms with Crippen LogP contribution in [0.5, 0.6) is 0 Å². The zero-order valence-electron chi connectivity index (χ0n) is 19.2. The highest BCUT2D eigenvalue weighted by molar-refractivity contribution is 6.00. The topological polar surface area (TPSA) is 92.2 Å². The maximum atomic E-state index is 13.4. The fourth-order valence-corrected chi connectivity index (χ4v) is 5.17. The van der Waals surface area contributed by atoms with Crippen molar-refractivity contribution in [2.75, 3.05) is 36.4 Å². The maximum Gasteiger partial charge on any atom is 0.262 e. The number of aromatic nitrogens is 3. The molecule has 1 saturated heterocycles. The molecule has 172 valence electrons. The molecule has 8 heteroatoms. The first-order valence-corrected chi connectivity index (χ1v) is 11.8. The van der Waals surface area contributed by atoms with E-state index in [1.165, 1.54) is 6.92 Å². The molecular weight excluding hydrogens is 416 g/mol. The monoisotopic (exact) mass is 446 g/mol. The molecule has 0 atom stereocenters. The van der Waals surface area contributed by atoms with Crippen molar-refractivity contribution in [2.45, 2.75) is 45.6 Å². The van der Waals surface area contributed by atoms with E-state index in [-0.39, 0.29) is 22.9 Å². The summed E-state index contributed by atoms with van der Waals surface area (Å²) in [5.41, 5.74) is 2.73. The molecule has 0 bridgehead atoms. The Bertz CT molecular complexity index is 1240. The lowest BCUT2D eigenvalue weighted by Gasteiger charge is -2.29. The number of piperazine rings is 1. The average Bonchev–Trinajstić information content (AvgIpc) is 3.34. The number of nitrogens with one attached hydrogen (secondary N) is 2. The normalized spacial score (nSPS) is 17.0. The Hall–Kier alpha value is -3.26. The van der Waals surface area contributed by atoms with Crippen LogP contribution in [0.4, 0.5) is 17.3 Å². The van der Waals surface area contributed by atoms with Gasteiger partial charge in [0.1, 0.15) is 11.6 Å². The second kappa shape index (κ2) is 8.94. The first-order chi connectivity index (χ1) is 16.0. The minimum atomic E-state index is -0.192. The second-order valence-electron chi connectivity index (χ2n) is 9.02. The van der Waals surface area contributed by atoms with Crippen LogP contribution < -0.4 is 21.1 Å². The van der Waals surface area contributed by atoms with Crippen molar-refractivity contribution in [1.29, 1.82) is 0 Å². The number of fused-ring (bicyclic) bond motifs is 1. The molecule has 5 rings (SSSR count). The van der Waals surface area contributed by atoms with E-state index in [1.807, 2.05) is 29.8 Å². The molecule has 3 aromatic heterocycles. The van der Waals surface area contributed by atoms with Crippen molar-refractivity contribution >= 4 is 34.0 Å². The van der Waals surface area contributed by atoms with Crippen LogP contribution in [0.25, 0.3) is 10.9 Å². The van der Waals surface area contributed by atoms with Crippen molar-refractivity contribution in [3.8, 4) is 0 Å². The summed E-state index contributed by atoms with van der Waals surface area (Å²) >= 11 is 0. The van der Waals surface area contributed by atoms with Crippen LogP contribution in [-0.2, 0) is 0 Å². The van der Waals surface area contributed by atoms with Gasteiger partial charge in [-0.3, -0.25) is 9.59 Å². The second-order valence-corrected chi connectivity index (χ2v) is 9.02. The lowest BCUT2D eigenvalue weighted by atomic mass is 10.0. The molecule has 8 nitrogen and oxygen atoms in total. The molecular formula is C25H30N6O2. The van der Waals surface area contributed by atoms with Crippen LogP contribution in [0.2, 0.25) is 0 Å². The number of pyridine rings is 3. The van der Waals surface area contributed by atoms with Crippen molar-refractivity contribution in [3.63, 3.8) is 0 Å². The molecule has 4 heterocycles. The number of anilines is 3.